The lowest BCUT2D eigenvalue weighted by atomic mass is 9.53. The summed E-state index contributed by atoms with van der Waals surface area (Å²) in [5.41, 5.74) is 19.4. The zero-order valence-electron chi connectivity index (χ0n) is 30.8. The van der Waals surface area contributed by atoms with Crippen LogP contribution in [0.2, 0.25) is 0 Å². The van der Waals surface area contributed by atoms with Crippen LogP contribution in [0.4, 0.5) is 0 Å². The van der Waals surface area contributed by atoms with E-state index in [1.807, 2.05) is 0 Å². The minimum absolute atomic E-state index is 0.0304. The van der Waals surface area contributed by atoms with Gasteiger partial charge in [-0.25, -0.2) is 0 Å². The molecule has 1 unspecified atom stereocenters. The molecule has 3 aromatic rings. The summed E-state index contributed by atoms with van der Waals surface area (Å²) in [5.74, 6) is 1.76. The van der Waals surface area contributed by atoms with Crippen LogP contribution in [0.15, 0.2) is 78.1 Å². The highest BCUT2D eigenvalue weighted by atomic mass is 127. The molecule has 0 bridgehead atoms. The SMILES string of the molecule is CCCC(CC)c1ccc(C2=CC[C@]3(C)C[C@@H]([C@H](C)c4ccccc4C(C)=C=Cc4cc(I)c(C)c(C)c4C)CC=C3C2(C)C)cc1. The Labute approximate surface area is 300 Å². The number of hydrogen-bond acceptors (Lipinski definition) is 0. The molecule has 5 rings (SSSR count). The van der Waals surface area contributed by atoms with Crippen LogP contribution in [0.3, 0.4) is 0 Å². The maximum absolute atomic E-state index is 3.70. The lowest BCUT2D eigenvalue weighted by molar-refractivity contribution is 0.211. The van der Waals surface area contributed by atoms with E-state index in [1.165, 1.54) is 84.9 Å². The summed E-state index contributed by atoms with van der Waals surface area (Å²) in [7, 11) is 0. The maximum Gasteiger partial charge on any atom is 0.0168 e. The Hall–Kier alpha value is -2.61. The predicted octanol–water partition coefficient (Wildman–Crippen LogP) is 14.2. The van der Waals surface area contributed by atoms with E-state index in [-0.39, 0.29) is 10.8 Å². The summed E-state index contributed by atoms with van der Waals surface area (Å²) in [4.78, 5) is 0. The van der Waals surface area contributed by atoms with Crippen LogP contribution in [0.5, 0.6) is 0 Å². The largest absolute Gasteiger partial charge is 0.116 e. The molecule has 4 atom stereocenters. The van der Waals surface area contributed by atoms with Gasteiger partial charge in [-0.2, -0.15) is 0 Å². The first-order valence-electron chi connectivity index (χ1n) is 18.1. The fraction of sp³-hybridized carbons (Fsp3) is 0.457. The van der Waals surface area contributed by atoms with Gasteiger partial charge in [-0.05, 0) is 173 Å². The number of fused-ring (bicyclic) bond motifs is 1. The van der Waals surface area contributed by atoms with Gasteiger partial charge in [-0.3, -0.25) is 0 Å². The van der Waals surface area contributed by atoms with Crippen molar-refractivity contribution in [2.45, 2.75) is 120 Å². The average Bonchev–Trinajstić information content (AvgIpc) is 3.06. The number of halogens is 1. The fourth-order valence-corrected chi connectivity index (χ4v) is 9.64. The van der Waals surface area contributed by atoms with Crippen LogP contribution in [-0.2, 0) is 0 Å². The molecular weight excluding hydrogens is 679 g/mol. The van der Waals surface area contributed by atoms with Gasteiger partial charge in [0.1, 0.15) is 0 Å². The fourth-order valence-electron chi connectivity index (χ4n) is 8.90. The van der Waals surface area contributed by atoms with E-state index in [0.29, 0.717) is 17.8 Å². The Morgan fingerprint density at radius 3 is 2.34 bits per heavy atom. The quantitative estimate of drug-likeness (QED) is 0.117. The van der Waals surface area contributed by atoms with E-state index >= 15 is 0 Å². The number of allylic oxidation sites excluding steroid dienone is 5. The first-order valence-corrected chi connectivity index (χ1v) is 19.2. The van der Waals surface area contributed by atoms with Crippen LogP contribution < -0.4 is 0 Å². The monoisotopic (exact) mass is 736 g/mol. The molecule has 0 fully saturated rings. The minimum Gasteiger partial charge on any atom is -0.116 e. The standard InChI is InChI=1S/C46H57I/c1-11-15-35(12-2)36-20-22-37(23-21-36)42-26-27-46(10)29-39(24-25-44(46)45(42,8)9)34(7)41-17-14-13-16-40(41)30(3)18-19-38-28-43(47)33(6)31(4)32(38)5/h13-14,16-17,19-23,25-26,28,34-35,39H,11-12,15,24,27,29H2,1-10H3/t18?,34-,35?,39-,46+/m0/s1. The van der Waals surface area contributed by atoms with Crippen molar-refractivity contribution in [3.8, 4) is 0 Å². The van der Waals surface area contributed by atoms with Crippen LogP contribution in [-0.4, -0.2) is 0 Å². The zero-order valence-corrected chi connectivity index (χ0v) is 32.9. The third kappa shape index (κ3) is 7.09. The number of benzene rings is 3. The summed E-state index contributed by atoms with van der Waals surface area (Å²) in [6.45, 7) is 23.5. The number of rotatable bonds is 9. The molecule has 47 heavy (non-hydrogen) atoms. The van der Waals surface area contributed by atoms with Gasteiger partial charge in [0.15, 0.2) is 0 Å². The summed E-state index contributed by atoms with van der Waals surface area (Å²) in [5, 5.41) is 0. The second-order valence-corrected chi connectivity index (χ2v) is 16.6. The third-order valence-electron chi connectivity index (χ3n) is 12.1. The molecule has 3 aromatic carbocycles. The van der Waals surface area contributed by atoms with Gasteiger partial charge in [-0.1, -0.05) is 114 Å². The highest BCUT2D eigenvalue weighted by Gasteiger charge is 2.46. The molecule has 0 nitrogen and oxygen atoms in total. The van der Waals surface area contributed by atoms with Gasteiger partial charge in [0.05, 0.1) is 0 Å². The molecule has 2 aliphatic carbocycles. The molecule has 0 heterocycles. The van der Waals surface area contributed by atoms with Gasteiger partial charge in [0, 0.05) is 8.99 Å². The second-order valence-electron chi connectivity index (χ2n) is 15.5. The van der Waals surface area contributed by atoms with E-state index in [2.05, 4.69) is 170 Å². The molecule has 0 aliphatic heterocycles. The summed E-state index contributed by atoms with van der Waals surface area (Å²) >= 11 is 2.46. The van der Waals surface area contributed by atoms with Gasteiger partial charge >= 0.3 is 0 Å². The highest BCUT2D eigenvalue weighted by molar-refractivity contribution is 14.1. The summed E-state index contributed by atoms with van der Waals surface area (Å²) in [6.07, 6.45) is 14.7. The van der Waals surface area contributed by atoms with E-state index in [0.717, 1.165) is 12.8 Å². The lowest BCUT2D eigenvalue weighted by Gasteiger charge is -2.51. The van der Waals surface area contributed by atoms with Crippen LogP contribution >= 0.6 is 22.6 Å². The van der Waals surface area contributed by atoms with Crippen molar-refractivity contribution < 1.29 is 0 Å². The highest BCUT2D eigenvalue weighted by Crippen LogP contribution is 2.59. The van der Waals surface area contributed by atoms with Crippen molar-refractivity contribution in [3.05, 3.63) is 126 Å². The van der Waals surface area contributed by atoms with Crippen molar-refractivity contribution >= 4 is 39.8 Å². The maximum atomic E-state index is 3.70. The van der Waals surface area contributed by atoms with E-state index in [1.54, 1.807) is 5.57 Å². The molecule has 0 saturated carbocycles. The van der Waals surface area contributed by atoms with Crippen LogP contribution in [0.1, 0.15) is 143 Å². The summed E-state index contributed by atoms with van der Waals surface area (Å²) < 4.78 is 1.32. The Bertz CT molecular complexity index is 1740. The third-order valence-corrected chi connectivity index (χ3v) is 13.2. The van der Waals surface area contributed by atoms with Gasteiger partial charge in [0.25, 0.3) is 0 Å². The summed E-state index contributed by atoms with van der Waals surface area (Å²) in [6, 6.07) is 21.0. The molecule has 0 saturated heterocycles. The van der Waals surface area contributed by atoms with Crippen molar-refractivity contribution in [1.29, 1.82) is 0 Å². The molecule has 0 amide bonds. The van der Waals surface area contributed by atoms with Crippen LogP contribution in [0.25, 0.3) is 17.2 Å². The van der Waals surface area contributed by atoms with Gasteiger partial charge < -0.3 is 0 Å². The average molecular weight is 737 g/mol. The molecule has 0 radical (unpaired) electrons. The Morgan fingerprint density at radius 2 is 1.66 bits per heavy atom. The van der Waals surface area contributed by atoms with Crippen molar-refractivity contribution in [1.82, 2.24) is 0 Å². The predicted molar refractivity (Wildman–Crippen MR) is 215 cm³/mol. The molecular formula is C46H57I. The molecule has 248 valence electrons. The Morgan fingerprint density at radius 1 is 0.957 bits per heavy atom. The molecule has 0 N–H and O–H groups in total. The molecule has 1 heteroatoms. The molecule has 2 aliphatic rings. The zero-order chi connectivity index (χ0) is 34.1. The van der Waals surface area contributed by atoms with E-state index < -0.39 is 0 Å². The van der Waals surface area contributed by atoms with Crippen LogP contribution in [0, 0.1) is 41.1 Å². The first kappa shape index (κ1) is 35.7. The smallest absolute Gasteiger partial charge is 0.0168 e. The van der Waals surface area contributed by atoms with Crippen molar-refractivity contribution in [2.75, 3.05) is 0 Å². The number of hydrogen-bond donors (Lipinski definition) is 0. The van der Waals surface area contributed by atoms with E-state index in [9.17, 15) is 0 Å². The normalized spacial score (nSPS) is 21.6. The Kier molecular flexibility index (Phi) is 11.0. The molecule has 0 aromatic heterocycles. The van der Waals surface area contributed by atoms with Gasteiger partial charge in [-0.15, -0.1) is 5.73 Å². The van der Waals surface area contributed by atoms with Gasteiger partial charge in [0.2, 0.25) is 0 Å². The minimum atomic E-state index is 0.0304. The first-order chi connectivity index (χ1) is 22.3. The lowest BCUT2D eigenvalue weighted by Crippen LogP contribution is -2.38. The second kappa shape index (κ2) is 14.5. The topological polar surface area (TPSA) is 0 Å². The molecule has 0 spiro atoms. The van der Waals surface area contributed by atoms with E-state index in [4.69, 9.17) is 0 Å². The van der Waals surface area contributed by atoms with Crippen molar-refractivity contribution in [2.24, 2.45) is 16.7 Å². The Balaban J connectivity index is 1.39. The van der Waals surface area contributed by atoms with Crippen molar-refractivity contribution in [3.63, 3.8) is 0 Å².